The number of rotatable bonds is 1. The van der Waals surface area contributed by atoms with Gasteiger partial charge in [0.15, 0.2) is 0 Å². The maximum Gasteiger partial charge on any atom is 0.320 e. The normalized spacial score (nSPS) is 32.6. The number of ketones is 1. The Labute approximate surface area is 60.4 Å². The number of hydrogen-bond donors (Lipinski definition) is 0. The van der Waals surface area contributed by atoms with Crippen molar-refractivity contribution in [2.24, 2.45) is 5.92 Å². The summed E-state index contributed by atoms with van der Waals surface area (Å²) in [5, 5.41) is 0. The molecule has 1 rings (SSSR count). The summed E-state index contributed by atoms with van der Waals surface area (Å²) in [6.45, 7) is 0.897. The summed E-state index contributed by atoms with van der Waals surface area (Å²) >= 11 is 0. The quantitative estimate of drug-likeness (QED) is 0.549. The average Bonchev–Trinajstić information content (AvgIpc) is 1.82. The van der Waals surface area contributed by atoms with Crippen LogP contribution < -0.4 is 0 Å². The standard InChI is InChI=1S/C6H6F4O/c1-3(11)4-2-5(7,8)6(4,9)10/h4H,2H2,1H3. The highest BCUT2D eigenvalue weighted by Gasteiger charge is 2.73. The topological polar surface area (TPSA) is 17.1 Å². The van der Waals surface area contributed by atoms with Gasteiger partial charge in [0.2, 0.25) is 0 Å². The largest absolute Gasteiger partial charge is 0.320 e. The van der Waals surface area contributed by atoms with Crippen LogP contribution in [0.15, 0.2) is 0 Å². The molecule has 1 aliphatic carbocycles. The fourth-order valence-corrected chi connectivity index (χ4v) is 1.04. The molecule has 11 heavy (non-hydrogen) atoms. The number of hydrogen-bond acceptors (Lipinski definition) is 1. The minimum absolute atomic E-state index is 0.874. The number of alkyl halides is 4. The van der Waals surface area contributed by atoms with E-state index in [0.717, 1.165) is 6.92 Å². The van der Waals surface area contributed by atoms with E-state index in [2.05, 4.69) is 0 Å². The van der Waals surface area contributed by atoms with E-state index >= 15 is 0 Å². The van der Waals surface area contributed by atoms with E-state index in [-0.39, 0.29) is 0 Å². The van der Waals surface area contributed by atoms with Crippen LogP contribution in [0.1, 0.15) is 13.3 Å². The first-order chi connectivity index (χ1) is 4.79. The Morgan fingerprint density at radius 3 is 1.91 bits per heavy atom. The van der Waals surface area contributed by atoms with Crippen LogP contribution in [0.5, 0.6) is 0 Å². The molecule has 0 heterocycles. The SMILES string of the molecule is CC(=O)C1CC(F)(F)C1(F)F. The minimum atomic E-state index is -4.13. The third-order valence-electron chi connectivity index (χ3n) is 1.88. The van der Waals surface area contributed by atoms with Crippen LogP contribution in [-0.2, 0) is 4.79 Å². The summed E-state index contributed by atoms with van der Waals surface area (Å²) in [7, 11) is 0. The Balaban J connectivity index is 2.77. The van der Waals surface area contributed by atoms with E-state index in [1.54, 1.807) is 0 Å². The molecule has 0 radical (unpaired) electrons. The molecule has 0 bridgehead atoms. The van der Waals surface area contributed by atoms with Crippen LogP contribution in [0.2, 0.25) is 0 Å². The van der Waals surface area contributed by atoms with Crippen molar-refractivity contribution < 1.29 is 22.4 Å². The van der Waals surface area contributed by atoms with Gasteiger partial charge < -0.3 is 0 Å². The molecule has 1 atom stereocenters. The maximum atomic E-state index is 12.3. The third-order valence-corrected chi connectivity index (χ3v) is 1.88. The Morgan fingerprint density at radius 1 is 1.36 bits per heavy atom. The van der Waals surface area contributed by atoms with Gasteiger partial charge in [0, 0.05) is 6.42 Å². The van der Waals surface area contributed by atoms with Crippen LogP contribution in [0, 0.1) is 5.92 Å². The summed E-state index contributed by atoms with van der Waals surface area (Å²) in [6, 6.07) is 0. The first-order valence-corrected chi connectivity index (χ1v) is 3.05. The second kappa shape index (κ2) is 1.95. The Bertz CT molecular complexity index is 199. The summed E-state index contributed by atoms with van der Waals surface area (Å²) in [5.74, 6) is -10.8. The molecule has 0 amide bonds. The lowest BCUT2D eigenvalue weighted by atomic mass is 9.74. The average molecular weight is 170 g/mol. The molecule has 1 fully saturated rings. The summed E-state index contributed by atoms with van der Waals surface area (Å²) in [5.41, 5.74) is 0. The molecule has 0 aromatic rings. The van der Waals surface area contributed by atoms with Crippen molar-refractivity contribution in [2.75, 3.05) is 0 Å². The number of carbonyl (C=O) groups is 1. The third kappa shape index (κ3) is 0.937. The van der Waals surface area contributed by atoms with Crippen molar-refractivity contribution in [2.45, 2.75) is 25.2 Å². The Morgan fingerprint density at radius 2 is 1.82 bits per heavy atom. The lowest BCUT2D eigenvalue weighted by Gasteiger charge is -2.42. The van der Waals surface area contributed by atoms with Gasteiger partial charge in [-0.05, 0) is 6.92 Å². The highest BCUT2D eigenvalue weighted by atomic mass is 19.3. The van der Waals surface area contributed by atoms with Crippen molar-refractivity contribution in [1.82, 2.24) is 0 Å². The second-order valence-corrected chi connectivity index (χ2v) is 2.69. The van der Waals surface area contributed by atoms with Gasteiger partial charge in [-0.15, -0.1) is 0 Å². The van der Waals surface area contributed by atoms with E-state index < -0.39 is 30.0 Å². The van der Waals surface area contributed by atoms with E-state index in [1.807, 2.05) is 0 Å². The predicted octanol–water partition coefficient (Wildman–Crippen LogP) is 1.87. The lowest BCUT2D eigenvalue weighted by Crippen LogP contribution is -2.60. The van der Waals surface area contributed by atoms with Crippen molar-refractivity contribution in [1.29, 1.82) is 0 Å². The van der Waals surface area contributed by atoms with Crippen LogP contribution in [0.25, 0.3) is 0 Å². The molecule has 0 saturated heterocycles. The number of halogens is 4. The van der Waals surface area contributed by atoms with Crippen LogP contribution >= 0.6 is 0 Å². The molecular weight excluding hydrogens is 164 g/mol. The summed E-state index contributed by atoms with van der Waals surface area (Å²) in [4.78, 5) is 10.3. The van der Waals surface area contributed by atoms with Crippen molar-refractivity contribution in [3.8, 4) is 0 Å². The molecule has 1 unspecified atom stereocenters. The van der Waals surface area contributed by atoms with Gasteiger partial charge in [0.25, 0.3) is 0 Å². The minimum Gasteiger partial charge on any atom is -0.299 e. The van der Waals surface area contributed by atoms with Crippen LogP contribution in [0.3, 0.4) is 0 Å². The molecule has 1 nitrogen and oxygen atoms in total. The van der Waals surface area contributed by atoms with Crippen molar-refractivity contribution in [3.63, 3.8) is 0 Å². The first kappa shape index (κ1) is 8.49. The molecule has 1 aliphatic rings. The van der Waals surface area contributed by atoms with E-state index in [1.165, 1.54) is 0 Å². The van der Waals surface area contributed by atoms with Crippen LogP contribution in [0.4, 0.5) is 17.6 Å². The summed E-state index contributed by atoms with van der Waals surface area (Å²) in [6.07, 6.45) is -1.02. The van der Waals surface area contributed by atoms with Gasteiger partial charge in [0.05, 0.1) is 5.92 Å². The van der Waals surface area contributed by atoms with Gasteiger partial charge >= 0.3 is 11.8 Å². The zero-order valence-electron chi connectivity index (χ0n) is 5.70. The lowest BCUT2D eigenvalue weighted by molar-refractivity contribution is -0.304. The molecule has 64 valence electrons. The maximum absolute atomic E-state index is 12.3. The molecule has 0 aromatic heterocycles. The summed E-state index contributed by atoms with van der Waals surface area (Å²) < 4.78 is 48.6. The molecule has 0 N–H and O–H groups in total. The highest BCUT2D eigenvalue weighted by Crippen LogP contribution is 2.55. The van der Waals surface area contributed by atoms with Crippen molar-refractivity contribution >= 4 is 5.78 Å². The van der Waals surface area contributed by atoms with Gasteiger partial charge in [0.1, 0.15) is 5.78 Å². The number of Topliss-reactive ketones (excluding diaryl/α,β-unsaturated/α-hetero) is 1. The monoisotopic (exact) mass is 170 g/mol. The van der Waals surface area contributed by atoms with Gasteiger partial charge in [-0.1, -0.05) is 0 Å². The Kier molecular flexibility index (Phi) is 1.51. The predicted molar refractivity (Wildman–Crippen MR) is 28.7 cm³/mol. The van der Waals surface area contributed by atoms with Crippen LogP contribution in [-0.4, -0.2) is 17.6 Å². The highest BCUT2D eigenvalue weighted by molar-refractivity contribution is 5.81. The van der Waals surface area contributed by atoms with E-state index in [4.69, 9.17) is 0 Å². The van der Waals surface area contributed by atoms with E-state index in [9.17, 15) is 22.4 Å². The molecule has 0 aliphatic heterocycles. The first-order valence-electron chi connectivity index (χ1n) is 3.05. The van der Waals surface area contributed by atoms with E-state index in [0.29, 0.717) is 0 Å². The zero-order chi connectivity index (χ0) is 8.86. The van der Waals surface area contributed by atoms with Gasteiger partial charge in [-0.3, -0.25) is 4.79 Å². The molecule has 5 heteroatoms. The molecule has 0 aromatic carbocycles. The molecular formula is C6H6F4O. The zero-order valence-corrected chi connectivity index (χ0v) is 5.70. The molecule has 1 saturated carbocycles. The fraction of sp³-hybridized carbons (Fsp3) is 0.833. The van der Waals surface area contributed by atoms with Gasteiger partial charge in [-0.25, -0.2) is 0 Å². The fourth-order valence-electron chi connectivity index (χ4n) is 1.04. The number of carbonyl (C=O) groups excluding carboxylic acids is 1. The van der Waals surface area contributed by atoms with Crippen molar-refractivity contribution in [3.05, 3.63) is 0 Å². The molecule has 0 spiro atoms. The smallest absolute Gasteiger partial charge is 0.299 e. The Hall–Kier alpha value is -0.610. The van der Waals surface area contributed by atoms with Gasteiger partial charge in [-0.2, -0.15) is 17.6 Å². The second-order valence-electron chi connectivity index (χ2n) is 2.69.